The smallest absolute Gasteiger partial charge is 0.416 e. The van der Waals surface area contributed by atoms with E-state index in [1.165, 1.54) is 19.1 Å². The molecule has 0 spiro atoms. The second kappa shape index (κ2) is 13.8. The van der Waals surface area contributed by atoms with Crippen LogP contribution in [0.5, 0.6) is 0 Å². The average molecular weight is 436 g/mol. The monoisotopic (exact) mass is 436 g/mol. The summed E-state index contributed by atoms with van der Waals surface area (Å²) in [5, 5.41) is 15.0. The Kier molecular flexibility index (Phi) is 11.8. The number of unbranched alkanes of at least 4 members (excludes halogenated alkanes) is 1. The number of aliphatic hydroxyl groups excluding tert-OH is 1. The van der Waals surface area contributed by atoms with Crippen LogP contribution in [0, 0.1) is 0 Å². The molecule has 1 rings (SSSR count). The molecule has 1 unspecified atom stereocenters. The zero-order valence-corrected chi connectivity index (χ0v) is 16.9. The lowest BCUT2D eigenvalue weighted by Crippen LogP contribution is -2.31. The summed E-state index contributed by atoms with van der Waals surface area (Å²) in [6, 6.07) is 4.68. The van der Waals surface area contributed by atoms with Gasteiger partial charge in [0.15, 0.2) is 0 Å². The van der Waals surface area contributed by atoms with Crippen molar-refractivity contribution in [3.8, 4) is 0 Å². The number of alkyl carbamates (subject to hydrolysis) is 1. The van der Waals surface area contributed by atoms with E-state index in [1.807, 2.05) is 0 Å². The van der Waals surface area contributed by atoms with Gasteiger partial charge in [-0.25, -0.2) is 4.79 Å². The largest absolute Gasteiger partial charge is 0.420 e. The molecule has 1 aromatic rings. The summed E-state index contributed by atoms with van der Waals surface area (Å²) in [5.41, 5.74) is 0.267. The van der Waals surface area contributed by atoms with Crippen LogP contribution in [0.25, 0.3) is 0 Å². The maximum Gasteiger partial charge on any atom is 0.416 e. The first-order chi connectivity index (χ1) is 14.3. The minimum Gasteiger partial charge on any atom is -0.420 e. The summed E-state index contributed by atoms with van der Waals surface area (Å²) in [7, 11) is 1.59. The van der Waals surface area contributed by atoms with Crippen molar-refractivity contribution in [3.63, 3.8) is 0 Å². The number of benzene rings is 1. The zero-order chi connectivity index (χ0) is 22.4. The lowest BCUT2D eigenvalue weighted by molar-refractivity contribution is -0.141. The number of nitrogens with one attached hydrogen (secondary N) is 1. The van der Waals surface area contributed by atoms with Gasteiger partial charge in [0.25, 0.3) is 0 Å². The van der Waals surface area contributed by atoms with E-state index in [9.17, 15) is 18.0 Å². The van der Waals surface area contributed by atoms with Gasteiger partial charge >= 0.3 is 12.3 Å². The van der Waals surface area contributed by atoms with Crippen LogP contribution in [0.4, 0.5) is 18.0 Å². The number of carbonyl (C=O) groups excluding carboxylic acids is 1. The number of hydrogen-bond acceptors (Lipinski definition) is 7. The van der Waals surface area contributed by atoms with Gasteiger partial charge in [-0.15, -0.1) is 0 Å². The maximum atomic E-state index is 12.7. The first-order valence-corrected chi connectivity index (χ1v) is 9.30. The van der Waals surface area contributed by atoms with Gasteiger partial charge in [0.2, 0.25) is 6.29 Å². The number of nitrogens with zero attached hydrogens (tertiary/aromatic N) is 1. The van der Waals surface area contributed by atoms with Crippen molar-refractivity contribution in [2.75, 3.05) is 33.7 Å². The van der Waals surface area contributed by atoms with Crippen LogP contribution < -0.4 is 5.32 Å². The molecule has 0 aromatic heterocycles. The van der Waals surface area contributed by atoms with Crippen molar-refractivity contribution in [3.05, 3.63) is 35.4 Å². The molecule has 0 aliphatic rings. The summed E-state index contributed by atoms with van der Waals surface area (Å²) >= 11 is 0. The molecular formula is C19H27F3N2O6. The summed E-state index contributed by atoms with van der Waals surface area (Å²) in [4.78, 5) is 16.7. The molecule has 11 heteroatoms. The van der Waals surface area contributed by atoms with Gasteiger partial charge in [-0.2, -0.15) is 13.2 Å². The van der Waals surface area contributed by atoms with Crippen LogP contribution >= 0.6 is 0 Å². The van der Waals surface area contributed by atoms with Gasteiger partial charge in [0, 0.05) is 13.7 Å². The van der Waals surface area contributed by atoms with Crippen molar-refractivity contribution in [1.29, 1.82) is 0 Å². The Balaban J connectivity index is 2.60. The number of rotatable bonds is 13. The van der Waals surface area contributed by atoms with E-state index in [0.29, 0.717) is 30.7 Å². The third kappa shape index (κ3) is 10.4. The van der Waals surface area contributed by atoms with E-state index in [1.54, 1.807) is 7.11 Å². The lowest BCUT2D eigenvalue weighted by atomic mass is 10.0. The zero-order valence-electron chi connectivity index (χ0n) is 16.9. The van der Waals surface area contributed by atoms with E-state index >= 15 is 0 Å². The van der Waals surface area contributed by atoms with Crippen molar-refractivity contribution >= 4 is 11.8 Å². The predicted molar refractivity (Wildman–Crippen MR) is 102 cm³/mol. The van der Waals surface area contributed by atoms with Crippen LogP contribution in [0.1, 0.15) is 37.3 Å². The highest BCUT2D eigenvalue weighted by atomic mass is 19.4. The fourth-order valence-electron chi connectivity index (χ4n) is 2.29. The van der Waals surface area contributed by atoms with Gasteiger partial charge in [-0.3, -0.25) is 0 Å². The highest BCUT2D eigenvalue weighted by Crippen LogP contribution is 2.29. The Bertz CT molecular complexity index is 653. The summed E-state index contributed by atoms with van der Waals surface area (Å²) in [5.74, 6) is 0. The second-order valence-corrected chi connectivity index (χ2v) is 6.09. The number of halogens is 3. The van der Waals surface area contributed by atoms with E-state index in [4.69, 9.17) is 19.4 Å². The van der Waals surface area contributed by atoms with Crippen molar-refractivity contribution in [1.82, 2.24) is 5.32 Å². The van der Waals surface area contributed by atoms with Crippen molar-refractivity contribution in [2.24, 2.45) is 5.16 Å². The SMILES string of the molecule is COCCCC/C(=N\OCCNC(=O)OC(C)OCO)c1ccc(C(F)(F)F)cc1. The Morgan fingerprint density at radius 1 is 1.20 bits per heavy atom. The minimum absolute atomic E-state index is 0.0204. The quantitative estimate of drug-likeness (QED) is 0.213. The maximum absolute atomic E-state index is 12.7. The third-order valence-electron chi connectivity index (χ3n) is 3.78. The third-order valence-corrected chi connectivity index (χ3v) is 3.78. The molecule has 0 heterocycles. The van der Waals surface area contributed by atoms with Gasteiger partial charge in [-0.1, -0.05) is 17.3 Å². The van der Waals surface area contributed by atoms with Crippen LogP contribution in [-0.4, -0.2) is 56.9 Å². The average Bonchev–Trinajstić information content (AvgIpc) is 2.69. The molecule has 1 aromatic carbocycles. The number of alkyl halides is 3. The van der Waals surface area contributed by atoms with E-state index in [2.05, 4.69) is 15.2 Å². The molecule has 0 radical (unpaired) electrons. The number of methoxy groups -OCH3 is 1. The molecule has 2 N–H and O–H groups in total. The number of aliphatic hydroxyl groups is 1. The molecular weight excluding hydrogens is 409 g/mol. The predicted octanol–water partition coefficient (Wildman–Crippen LogP) is 3.28. The second-order valence-electron chi connectivity index (χ2n) is 6.09. The van der Waals surface area contributed by atoms with Gasteiger partial charge in [0.1, 0.15) is 13.4 Å². The Morgan fingerprint density at radius 3 is 2.50 bits per heavy atom. The standard InChI is InChI=1S/C19H27F3N2O6/c1-14(28-13-25)30-18(26)23-10-12-29-24-17(5-3-4-11-27-2)15-6-8-16(9-7-15)19(20,21)22/h6-9,14,25H,3-5,10-13H2,1-2H3,(H,23,26)/b24-17+. The van der Waals surface area contributed by atoms with Crippen LogP contribution in [0.3, 0.4) is 0 Å². The molecule has 0 fully saturated rings. The fourth-order valence-corrected chi connectivity index (χ4v) is 2.29. The molecule has 0 saturated carbocycles. The fraction of sp³-hybridized carbons (Fsp3) is 0.579. The molecule has 1 atom stereocenters. The number of hydrogen-bond donors (Lipinski definition) is 2. The van der Waals surface area contributed by atoms with Crippen LogP contribution in [0.2, 0.25) is 0 Å². The summed E-state index contributed by atoms with van der Waals surface area (Å²) in [6.45, 7) is 1.52. The van der Waals surface area contributed by atoms with Gasteiger partial charge in [-0.05, 0) is 43.9 Å². The Morgan fingerprint density at radius 2 is 1.90 bits per heavy atom. The number of carbonyl (C=O) groups is 1. The molecule has 0 saturated heterocycles. The molecule has 8 nitrogen and oxygen atoms in total. The summed E-state index contributed by atoms with van der Waals surface area (Å²) < 4.78 is 52.7. The summed E-state index contributed by atoms with van der Waals surface area (Å²) in [6.07, 6.45) is -4.12. The Labute approximate surface area is 172 Å². The van der Waals surface area contributed by atoms with Crippen molar-refractivity contribution in [2.45, 2.75) is 38.7 Å². The molecule has 170 valence electrons. The van der Waals surface area contributed by atoms with E-state index in [-0.39, 0.29) is 13.2 Å². The first-order valence-electron chi connectivity index (χ1n) is 9.30. The number of ether oxygens (including phenoxy) is 3. The molecule has 30 heavy (non-hydrogen) atoms. The lowest BCUT2D eigenvalue weighted by Gasteiger charge is -2.13. The number of amides is 1. The molecule has 0 bridgehead atoms. The molecule has 0 aliphatic carbocycles. The van der Waals surface area contributed by atoms with E-state index in [0.717, 1.165) is 18.6 Å². The molecule has 1 amide bonds. The Hall–Kier alpha value is -2.37. The van der Waals surface area contributed by atoms with E-state index < -0.39 is 30.9 Å². The minimum atomic E-state index is -4.41. The van der Waals surface area contributed by atoms with Gasteiger partial charge < -0.3 is 29.5 Å². The molecule has 0 aliphatic heterocycles. The van der Waals surface area contributed by atoms with Gasteiger partial charge in [0.05, 0.1) is 17.8 Å². The first kappa shape index (κ1) is 25.7. The normalized spacial score (nSPS) is 13.1. The van der Waals surface area contributed by atoms with Crippen molar-refractivity contribution < 1.29 is 42.1 Å². The highest BCUT2D eigenvalue weighted by Gasteiger charge is 2.30. The topological polar surface area (TPSA) is 98.6 Å². The number of oxime groups is 1. The van der Waals surface area contributed by atoms with Crippen LogP contribution in [-0.2, 0) is 25.2 Å². The van der Waals surface area contributed by atoms with Crippen LogP contribution in [0.15, 0.2) is 29.4 Å². The highest BCUT2D eigenvalue weighted by molar-refractivity contribution is 6.00.